The first-order valence-electron chi connectivity index (χ1n) is 10.4. The molecule has 0 aliphatic rings. The van der Waals surface area contributed by atoms with E-state index in [1.807, 2.05) is 56.3 Å². The largest absolute Gasteiger partial charge is 0.483 e. The zero-order chi connectivity index (χ0) is 23.3. The van der Waals surface area contributed by atoms with Gasteiger partial charge in [-0.1, -0.05) is 65.7 Å². The highest BCUT2D eigenvalue weighted by Gasteiger charge is 2.28. The number of nitrogens with one attached hydrogen (secondary N) is 1. The molecule has 0 radical (unpaired) electrons. The Labute approximate surface area is 198 Å². The smallest absolute Gasteiger partial charge is 0.261 e. The molecule has 0 bridgehead atoms. The molecule has 0 spiro atoms. The van der Waals surface area contributed by atoms with E-state index in [1.165, 1.54) is 4.90 Å². The van der Waals surface area contributed by atoms with Crippen molar-refractivity contribution in [1.29, 1.82) is 0 Å². The Hall–Kier alpha value is -2.76. The molecule has 7 heteroatoms. The number of carbonyl (C=O) groups excluding carboxylic acids is 2. The van der Waals surface area contributed by atoms with E-state index in [-0.39, 0.29) is 31.0 Å². The van der Waals surface area contributed by atoms with Crippen molar-refractivity contribution < 1.29 is 14.3 Å². The molecule has 3 aromatic carbocycles. The van der Waals surface area contributed by atoms with E-state index >= 15 is 0 Å². The van der Waals surface area contributed by atoms with E-state index in [9.17, 15) is 9.59 Å². The molecule has 0 aliphatic heterocycles. The van der Waals surface area contributed by atoms with Gasteiger partial charge >= 0.3 is 0 Å². The second-order valence-corrected chi connectivity index (χ2v) is 8.64. The van der Waals surface area contributed by atoms with Gasteiger partial charge in [0.25, 0.3) is 5.91 Å². The maximum atomic E-state index is 13.2. The zero-order valence-electron chi connectivity index (χ0n) is 18.3. The number of hydrogen-bond donors (Lipinski definition) is 1. The van der Waals surface area contributed by atoms with Crippen molar-refractivity contribution in [2.75, 3.05) is 6.61 Å². The lowest BCUT2D eigenvalue weighted by atomic mass is 10.1. The van der Waals surface area contributed by atoms with Crippen molar-refractivity contribution in [2.45, 2.75) is 39.4 Å². The molecule has 0 aliphatic carbocycles. The lowest BCUT2D eigenvalue weighted by Crippen LogP contribution is -2.50. The van der Waals surface area contributed by atoms with Gasteiger partial charge in [0.15, 0.2) is 6.61 Å². The van der Waals surface area contributed by atoms with Gasteiger partial charge in [-0.05, 0) is 44.4 Å². The highest BCUT2D eigenvalue weighted by Crippen LogP contribution is 2.28. The normalized spacial score (nSPS) is 11.9. The first-order chi connectivity index (χ1) is 15.3. The first kappa shape index (κ1) is 23.9. The summed E-state index contributed by atoms with van der Waals surface area (Å²) in [6.07, 6.45) is 0. The molecule has 0 saturated carbocycles. The van der Waals surface area contributed by atoms with Gasteiger partial charge in [-0.3, -0.25) is 9.59 Å². The predicted molar refractivity (Wildman–Crippen MR) is 129 cm³/mol. The van der Waals surface area contributed by atoms with Gasteiger partial charge in [0.2, 0.25) is 5.91 Å². The molecule has 32 heavy (non-hydrogen) atoms. The number of fused-ring (bicyclic) bond motifs is 1. The van der Waals surface area contributed by atoms with Crippen molar-refractivity contribution >= 4 is 45.8 Å². The van der Waals surface area contributed by atoms with E-state index in [1.54, 1.807) is 25.1 Å². The Bertz CT molecular complexity index is 1090. The van der Waals surface area contributed by atoms with Gasteiger partial charge < -0.3 is 15.0 Å². The summed E-state index contributed by atoms with van der Waals surface area (Å²) < 4.78 is 5.88. The monoisotopic (exact) mass is 472 g/mol. The summed E-state index contributed by atoms with van der Waals surface area (Å²) >= 11 is 12.7. The van der Waals surface area contributed by atoms with Crippen LogP contribution in [0.15, 0.2) is 60.7 Å². The maximum Gasteiger partial charge on any atom is 0.261 e. The third-order valence-electron chi connectivity index (χ3n) is 5.09. The quantitative estimate of drug-likeness (QED) is 0.472. The number of halogens is 2. The standard InChI is InChI=1S/C25H26Cl2N2O3/c1-16(2)28-25(31)17(3)29(14-20-21(26)11-7-12-22(20)27)24(30)15-32-23-13-6-9-18-8-4-5-10-19(18)23/h4-13,16-17H,14-15H2,1-3H3,(H,28,31)/t17-/m0/s1. The summed E-state index contributed by atoms with van der Waals surface area (Å²) in [5.74, 6) is -0.00604. The Morgan fingerprint density at radius 2 is 1.56 bits per heavy atom. The van der Waals surface area contributed by atoms with E-state index in [2.05, 4.69) is 5.32 Å². The highest BCUT2D eigenvalue weighted by atomic mass is 35.5. The van der Waals surface area contributed by atoms with Crippen LogP contribution in [0.3, 0.4) is 0 Å². The summed E-state index contributed by atoms with van der Waals surface area (Å²) in [6.45, 7) is 5.27. The number of nitrogens with zero attached hydrogens (tertiary/aromatic N) is 1. The molecule has 1 atom stereocenters. The topological polar surface area (TPSA) is 58.6 Å². The van der Waals surface area contributed by atoms with E-state index in [4.69, 9.17) is 27.9 Å². The van der Waals surface area contributed by atoms with Gasteiger partial charge in [0.05, 0.1) is 0 Å². The Balaban J connectivity index is 1.84. The fourth-order valence-corrected chi connectivity index (χ4v) is 3.90. The van der Waals surface area contributed by atoms with Crippen LogP contribution in [0.25, 0.3) is 10.8 Å². The van der Waals surface area contributed by atoms with Gasteiger partial charge in [-0.2, -0.15) is 0 Å². The molecule has 3 aromatic rings. The third-order valence-corrected chi connectivity index (χ3v) is 5.80. The molecule has 168 valence electrons. The summed E-state index contributed by atoms with van der Waals surface area (Å²) in [5.41, 5.74) is 0.582. The molecular weight excluding hydrogens is 447 g/mol. The van der Waals surface area contributed by atoms with Crippen molar-refractivity contribution in [2.24, 2.45) is 0 Å². The van der Waals surface area contributed by atoms with Crippen LogP contribution in [0.4, 0.5) is 0 Å². The van der Waals surface area contributed by atoms with Crippen LogP contribution >= 0.6 is 23.2 Å². The Morgan fingerprint density at radius 3 is 2.25 bits per heavy atom. The van der Waals surface area contributed by atoms with Crippen LogP contribution in [-0.4, -0.2) is 35.4 Å². The summed E-state index contributed by atoms with van der Waals surface area (Å²) in [7, 11) is 0. The number of benzene rings is 3. The minimum Gasteiger partial charge on any atom is -0.483 e. The highest BCUT2D eigenvalue weighted by molar-refractivity contribution is 6.36. The number of hydrogen-bond acceptors (Lipinski definition) is 3. The second kappa shape index (κ2) is 10.7. The summed E-state index contributed by atoms with van der Waals surface area (Å²) in [5, 5.41) is 5.64. The average molecular weight is 473 g/mol. The first-order valence-corrected chi connectivity index (χ1v) is 11.2. The third kappa shape index (κ3) is 5.72. The molecule has 0 unspecified atom stereocenters. The summed E-state index contributed by atoms with van der Waals surface area (Å²) in [6, 6.07) is 17.8. The zero-order valence-corrected chi connectivity index (χ0v) is 19.8. The molecule has 0 saturated heterocycles. The molecule has 1 N–H and O–H groups in total. The van der Waals surface area contributed by atoms with Crippen LogP contribution in [0.2, 0.25) is 10.0 Å². The molecular formula is C25H26Cl2N2O3. The van der Waals surface area contributed by atoms with Crippen LogP contribution in [0.1, 0.15) is 26.3 Å². The number of rotatable bonds is 8. The lowest BCUT2D eigenvalue weighted by Gasteiger charge is -2.30. The van der Waals surface area contributed by atoms with E-state index in [0.29, 0.717) is 21.4 Å². The molecule has 0 heterocycles. The fraction of sp³-hybridized carbons (Fsp3) is 0.280. The minimum absolute atomic E-state index is 0.0577. The van der Waals surface area contributed by atoms with Gasteiger partial charge in [0, 0.05) is 33.6 Å². The average Bonchev–Trinajstić information content (AvgIpc) is 2.76. The van der Waals surface area contributed by atoms with Crippen LogP contribution < -0.4 is 10.1 Å². The minimum atomic E-state index is -0.742. The van der Waals surface area contributed by atoms with Crippen LogP contribution in [0.5, 0.6) is 5.75 Å². The molecule has 5 nitrogen and oxygen atoms in total. The predicted octanol–water partition coefficient (Wildman–Crippen LogP) is 5.47. The van der Waals surface area contributed by atoms with Crippen molar-refractivity contribution in [3.05, 3.63) is 76.3 Å². The SMILES string of the molecule is CC(C)NC(=O)[C@H](C)N(Cc1c(Cl)cccc1Cl)C(=O)COc1cccc2ccccc12. The molecule has 2 amide bonds. The van der Waals surface area contributed by atoms with Crippen LogP contribution in [0, 0.1) is 0 Å². The van der Waals surface area contributed by atoms with E-state index < -0.39 is 6.04 Å². The van der Waals surface area contributed by atoms with Gasteiger partial charge in [-0.15, -0.1) is 0 Å². The number of amides is 2. The van der Waals surface area contributed by atoms with E-state index in [0.717, 1.165) is 10.8 Å². The molecule has 0 fully saturated rings. The lowest BCUT2D eigenvalue weighted by molar-refractivity contribution is -0.142. The number of carbonyl (C=O) groups is 2. The Kier molecular flexibility index (Phi) is 7.99. The second-order valence-electron chi connectivity index (χ2n) is 7.83. The van der Waals surface area contributed by atoms with Gasteiger partial charge in [-0.25, -0.2) is 0 Å². The van der Waals surface area contributed by atoms with Crippen molar-refractivity contribution in [3.63, 3.8) is 0 Å². The summed E-state index contributed by atoms with van der Waals surface area (Å²) in [4.78, 5) is 27.4. The molecule has 3 rings (SSSR count). The fourth-order valence-electron chi connectivity index (χ4n) is 3.39. The molecule has 0 aromatic heterocycles. The van der Waals surface area contributed by atoms with Crippen molar-refractivity contribution in [1.82, 2.24) is 10.2 Å². The maximum absolute atomic E-state index is 13.2. The Morgan fingerprint density at radius 1 is 0.938 bits per heavy atom. The van der Waals surface area contributed by atoms with Gasteiger partial charge in [0.1, 0.15) is 11.8 Å². The number of ether oxygens (including phenoxy) is 1. The van der Waals surface area contributed by atoms with Crippen molar-refractivity contribution in [3.8, 4) is 5.75 Å². The van der Waals surface area contributed by atoms with Crippen LogP contribution in [-0.2, 0) is 16.1 Å².